The van der Waals surface area contributed by atoms with Crippen LogP contribution in [0.25, 0.3) is 0 Å². The first-order valence-electron chi connectivity index (χ1n) is 5.32. The van der Waals surface area contributed by atoms with Crippen molar-refractivity contribution in [1.82, 2.24) is 10.3 Å². The molecule has 1 rings (SSSR count). The highest BCUT2D eigenvalue weighted by molar-refractivity contribution is 7.13. The SMILES string of the molecule is Cc1nc(C)c(C(=O)NCC(C)CCCl)s1. The van der Waals surface area contributed by atoms with Crippen LogP contribution in [0, 0.1) is 19.8 Å². The molecule has 0 aliphatic carbocycles. The summed E-state index contributed by atoms with van der Waals surface area (Å²) in [5.74, 6) is 1.02. The predicted octanol–water partition coefficient (Wildman–Crippen LogP) is 2.75. The molecule has 5 heteroatoms. The van der Waals surface area contributed by atoms with Gasteiger partial charge in [0.15, 0.2) is 0 Å². The quantitative estimate of drug-likeness (QED) is 0.828. The smallest absolute Gasteiger partial charge is 0.263 e. The lowest BCUT2D eigenvalue weighted by Gasteiger charge is -2.10. The van der Waals surface area contributed by atoms with Gasteiger partial charge < -0.3 is 5.32 Å². The van der Waals surface area contributed by atoms with Gasteiger partial charge in [0.1, 0.15) is 4.88 Å². The third-order valence-electron chi connectivity index (χ3n) is 2.32. The Labute approximate surface area is 105 Å². The van der Waals surface area contributed by atoms with Crippen molar-refractivity contribution in [2.24, 2.45) is 5.92 Å². The van der Waals surface area contributed by atoms with E-state index >= 15 is 0 Å². The van der Waals surface area contributed by atoms with Crippen molar-refractivity contribution in [2.45, 2.75) is 27.2 Å². The second-order valence-electron chi connectivity index (χ2n) is 3.94. The number of carbonyl (C=O) groups is 1. The molecule has 1 aromatic heterocycles. The summed E-state index contributed by atoms with van der Waals surface area (Å²) >= 11 is 7.07. The van der Waals surface area contributed by atoms with E-state index in [2.05, 4.69) is 17.2 Å². The van der Waals surface area contributed by atoms with Gasteiger partial charge in [-0.05, 0) is 26.2 Å². The molecule has 1 heterocycles. The summed E-state index contributed by atoms with van der Waals surface area (Å²) in [6.07, 6.45) is 0.919. The molecule has 0 radical (unpaired) electrons. The number of aromatic nitrogens is 1. The second kappa shape index (κ2) is 6.21. The van der Waals surface area contributed by atoms with E-state index in [1.54, 1.807) is 0 Å². The highest BCUT2D eigenvalue weighted by Crippen LogP contribution is 2.16. The highest BCUT2D eigenvalue weighted by Gasteiger charge is 2.13. The van der Waals surface area contributed by atoms with Gasteiger partial charge in [0.2, 0.25) is 0 Å². The Kier molecular flexibility index (Phi) is 5.22. The third-order valence-corrected chi connectivity index (χ3v) is 3.61. The normalized spacial score (nSPS) is 12.5. The molecule has 3 nitrogen and oxygen atoms in total. The number of rotatable bonds is 5. The van der Waals surface area contributed by atoms with Crippen LogP contribution < -0.4 is 5.32 Å². The zero-order valence-electron chi connectivity index (χ0n) is 9.84. The van der Waals surface area contributed by atoms with Crippen LogP contribution in [0.1, 0.15) is 33.7 Å². The van der Waals surface area contributed by atoms with E-state index in [0.717, 1.165) is 22.0 Å². The standard InChI is InChI=1S/C11H17ClN2OS/c1-7(4-5-12)6-13-11(15)10-8(2)14-9(3)16-10/h7H,4-6H2,1-3H3,(H,13,15). The molecule has 1 unspecified atom stereocenters. The lowest BCUT2D eigenvalue weighted by molar-refractivity contribution is 0.0951. The van der Waals surface area contributed by atoms with Crippen LogP contribution in [0.2, 0.25) is 0 Å². The van der Waals surface area contributed by atoms with E-state index < -0.39 is 0 Å². The molecule has 0 aliphatic rings. The zero-order valence-corrected chi connectivity index (χ0v) is 11.4. The number of nitrogens with one attached hydrogen (secondary N) is 1. The number of thiazole rings is 1. The van der Waals surface area contributed by atoms with Gasteiger partial charge >= 0.3 is 0 Å². The van der Waals surface area contributed by atoms with Crippen LogP contribution in [-0.2, 0) is 0 Å². The van der Waals surface area contributed by atoms with Crippen molar-refractivity contribution >= 4 is 28.8 Å². The Bertz CT molecular complexity index is 365. The summed E-state index contributed by atoms with van der Waals surface area (Å²) < 4.78 is 0. The van der Waals surface area contributed by atoms with Crippen LogP contribution in [0.5, 0.6) is 0 Å². The van der Waals surface area contributed by atoms with E-state index in [-0.39, 0.29) is 5.91 Å². The second-order valence-corrected chi connectivity index (χ2v) is 5.52. The molecule has 1 N–H and O–H groups in total. The van der Waals surface area contributed by atoms with E-state index in [9.17, 15) is 4.79 Å². The lowest BCUT2D eigenvalue weighted by atomic mass is 10.1. The topological polar surface area (TPSA) is 42.0 Å². The Morgan fingerprint density at radius 2 is 2.25 bits per heavy atom. The monoisotopic (exact) mass is 260 g/mol. The summed E-state index contributed by atoms with van der Waals surface area (Å²) in [6, 6.07) is 0. The number of alkyl halides is 1. The average molecular weight is 261 g/mol. The minimum atomic E-state index is -0.0236. The van der Waals surface area contributed by atoms with Crippen molar-refractivity contribution in [1.29, 1.82) is 0 Å². The first-order chi connectivity index (χ1) is 7.54. The average Bonchev–Trinajstić information content (AvgIpc) is 2.55. The van der Waals surface area contributed by atoms with Crippen molar-refractivity contribution in [3.05, 3.63) is 15.6 Å². The maximum absolute atomic E-state index is 11.8. The number of amides is 1. The summed E-state index contributed by atoms with van der Waals surface area (Å²) in [5.41, 5.74) is 0.810. The maximum atomic E-state index is 11.8. The van der Waals surface area contributed by atoms with Gasteiger partial charge in [0.25, 0.3) is 5.91 Å². The van der Waals surface area contributed by atoms with Gasteiger partial charge in [-0.3, -0.25) is 4.79 Å². The molecule has 0 saturated carbocycles. The summed E-state index contributed by atoms with van der Waals surface area (Å²) in [5, 5.41) is 3.84. The Balaban J connectivity index is 2.50. The minimum absolute atomic E-state index is 0.0236. The van der Waals surface area contributed by atoms with Gasteiger partial charge in [-0.1, -0.05) is 6.92 Å². The fourth-order valence-corrected chi connectivity index (χ4v) is 2.59. The van der Waals surface area contributed by atoms with Crippen LogP contribution in [0.3, 0.4) is 0 Å². The van der Waals surface area contributed by atoms with Crippen LogP contribution >= 0.6 is 22.9 Å². The maximum Gasteiger partial charge on any atom is 0.263 e. The lowest BCUT2D eigenvalue weighted by Crippen LogP contribution is -2.28. The zero-order chi connectivity index (χ0) is 12.1. The molecule has 1 amide bonds. The highest BCUT2D eigenvalue weighted by atomic mass is 35.5. The molecular weight excluding hydrogens is 244 g/mol. The molecule has 0 bridgehead atoms. The van der Waals surface area contributed by atoms with E-state index in [1.807, 2.05) is 13.8 Å². The van der Waals surface area contributed by atoms with Gasteiger partial charge in [-0.15, -0.1) is 22.9 Å². The molecule has 90 valence electrons. The molecular formula is C11H17ClN2OS. The number of carbonyl (C=O) groups excluding carboxylic acids is 1. The van der Waals surface area contributed by atoms with Crippen LogP contribution in [0.4, 0.5) is 0 Å². The van der Waals surface area contributed by atoms with Crippen molar-refractivity contribution in [3.8, 4) is 0 Å². The molecule has 0 spiro atoms. The van der Waals surface area contributed by atoms with Crippen molar-refractivity contribution in [2.75, 3.05) is 12.4 Å². The number of aryl methyl sites for hydroxylation is 2. The van der Waals surface area contributed by atoms with Gasteiger partial charge in [0, 0.05) is 12.4 Å². The molecule has 0 fully saturated rings. The summed E-state index contributed by atoms with van der Waals surface area (Å²) in [7, 11) is 0. The molecule has 1 aromatic rings. The fraction of sp³-hybridized carbons (Fsp3) is 0.636. The number of hydrogen-bond acceptors (Lipinski definition) is 3. The number of halogens is 1. The summed E-state index contributed by atoms with van der Waals surface area (Å²) in [4.78, 5) is 16.8. The molecule has 0 aromatic carbocycles. The van der Waals surface area contributed by atoms with E-state index in [1.165, 1.54) is 11.3 Å². The number of hydrogen-bond donors (Lipinski definition) is 1. The summed E-state index contributed by atoms with van der Waals surface area (Å²) in [6.45, 7) is 6.51. The molecule has 16 heavy (non-hydrogen) atoms. The Morgan fingerprint density at radius 1 is 1.56 bits per heavy atom. The molecule has 0 saturated heterocycles. The Hall–Kier alpha value is -0.610. The Morgan fingerprint density at radius 3 is 2.75 bits per heavy atom. The first-order valence-corrected chi connectivity index (χ1v) is 6.68. The predicted molar refractivity (Wildman–Crippen MR) is 68.4 cm³/mol. The van der Waals surface area contributed by atoms with Crippen molar-refractivity contribution in [3.63, 3.8) is 0 Å². The van der Waals surface area contributed by atoms with Gasteiger partial charge in [0.05, 0.1) is 10.7 Å². The van der Waals surface area contributed by atoms with E-state index in [0.29, 0.717) is 18.3 Å². The molecule has 0 aliphatic heterocycles. The van der Waals surface area contributed by atoms with Crippen molar-refractivity contribution < 1.29 is 4.79 Å². The largest absolute Gasteiger partial charge is 0.351 e. The first kappa shape index (κ1) is 13.5. The third kappa shape index (κ3) is 3.76. The van der Waals surface area contributed by atoms with Gasteiger partial charge in [-0.2, -0.15) is 0 Å². The van der Waals surface area contributed by atoms with Crippen LogP contribution in [0.15, 0.2) is 0 Å². The fourth-order valence-electron chi connectivity index (χ4n) is 1.38. The van der Waals surface area contributed by atoms with Gasteiger partial charge in [-0.25, -0.2) is 4.98 Å². The minimum Gasteiger partial charge on any atom is -0.351 e. The van der Waals surface area contributed by atoms with E-state index in [4.69, 9.17) is 11.6 Å². The molecule has 1 atom stereocenters. The number of nitrogens with zero attached hydrogens (tertiary/aromatic N) is 1. The van der Waals surface area contributed by atoms with Crippen LogP contribution in [-0.4, -0.2) is 23.3 Å².